The number of hydrogen-bond donors (Lipinski definition) is 1. The van der Waals surface area contributed by atoms with Crippen LogP contribution in [0.3, 0.4) is 0 Å². The van der Waals surface area contributed by atoms with E-state index < -0.39 is 5.60 Å². The first-order valence-electron chi connectivity index (χ1n) is 6.59. The van der Waals surface area contributed by atoms with Gasteiger partial charge in [-0.05, 0) is 43.9 Å². The van der Waals surface area contributed by atoms with Crippen LogP contribution in [0.15, 0.2) is 27.2 Å². The van der Waals surface area contributed by atoms with Gasteiger partial charge in [0.25, 0.3) is 5.89 Å². The second-order valence-corrected chi connectivity index (χ2v) is 5.98. The molecule has 1 aromatic carbocycles. The van der Waals surface area contributed by atoms with Gasteiger partial charge in [0.15, 0.2) is 0 Å². The number of nitrogen functional groups attached to an aromatic ring is 1. The summed E-state index contributed by atoms with van der Waals surface area (Å²) in [6.07, 6.45) is 4.10. The van der Waals surface area contributed by atoms with Crippen molar-refractivity contribution in [1.82, 2.24) is 10.1 Å². The van der Waals surface area contributed by atoms with Crippen molar-refractivity contribution < 1.29 is 9.26 Å². The standard InChI is InChI=1S/C14H16BrN3O2/c1-19-14(6-2-3-7-14)13-17-12(20-18-13)10-8-9(15)4-5-11(10)16/h4-5,8H,2-3,6-7,16H2,1H3. The van der Waals surface area contributed by atoms with Crippen molar-refractivity contribution >= 4 is 21.6 Å². The summed E-state index contributed by atoms with van der Waals surface area (Å²) in [4.78, 5) is 4.50. The van der Waals surface area contributed by atoms with E-state index in [1.807, 2.05) is 18.2 Å². The van der Waals surface area contributed by atoms with Crippen molar-refractivity contribution in [2.45, 2.75) is 31.3 Å². The van der Waals surface area contributed by atoms with Crippen molar-refractivity contribution in [3.05, 3.63) is 28.5 Å². The molecule has 1 aliphatic rings. The van der Waals surface area contributed by atoms with E-state index in [4.69, 9.17) is 15.0 Å². The fraction of sp³-hybridized carbons (Fsp3) is 0.429. The third-order valence-corrected chi connectivity index (χ3v) is 4.37. The average Bonchev–Trinajstić information content (AvgIpc) is 3.10. The lowest BCUT2D eigenvalue weighted by Crippen LogP contribution is -2.25. The van der Waals surface area contributed by atoms with Crippen LogP contribution in [0.1, 0.15) is 31.5 Å². The van der Waals surface area contributed by atoms with Crippen molar-refractivity contribution in [2.75, 3.05) is 12.8 Å². The molecule has 0 saturated heterocycles. The van der Waals surface area contributed by atoms with E-state index >= 15 is 0 Å². The van der Waals surface area contributed by atoms with Crippen molar-refractivity contribution in [3.63, 3.8) is 0 Å². The van der Waals surface area contributed by atoms with Gasteiger partial charge in [-0.25, -0.2) is 0 Å². The van der Waals surface area contributed by atoms with Crippen LogP contribution >= 0.6 is 15.9 Å². The van der Waals surface area contributed by atoms with Crippen LogP contribution < -0.4 is 5.73 Å². The van der Waals surface area contributed by atoms with Crippen molar-refractivity contribution in [2.24, 2.45) is 0 Å². The minimum atomic E-state index is -0.400. The summed E-state index contributed by atoms with van der Waals surface area (Å²) in [5.41, 5.74) is 6.92. The summed E-state index contributed by atoms with van der Waals surface area (Å²) in [5, 5.41) is 4.11. The summed E-state index contributed by atoms with van der Waals surface area (Å²) < 4.78 is 12.0. The zero-order valence-electron chi connectivity index (χ0n) is 11.2. The van der Waals surface area contributed by atoms with E-state index in [9.17, 15) is 0 Å². The van der Waals surface area contributed by atoms with Crippen molar-refractivity contribution in [3.8, 4) is 11.5 Å². The Balaban J connectivity index is 2.00. The molecule has 1 aliphatic carbocycles. The number of anilines is 1. The number of nitrogens with two attached hydrogens (primary N) is 1. The molecule has 0 amide bonds. The second kappa shape index (κ2) is 5.18. The predicted octanol–water partition coefficient (Wildman–Crippen LogP) is 3.50. The highest BCUT2D eigenvalue weighted by Crippen LogP contribution is 2.41. The molecule has 2 aromatic rings. The fourth-order valence-electron chi connectivity index (χ4n) is 2.70. The summed E-state index contributed by atoms with van der Waals surface area (Å²) in [6.45, 7) is 0. The molecule has 20 heavy (non-hydrogen) atoms. The molecule has 2 N–H and O–H groups in total. The van der Waals surface area contributed by atoms with Gasteiger partial charge in [-0.3, -0.25) is 0 Å². The van der Waals surface area contributed by atoms with E-state index in [0.717, 1.165) is 35.7 Å². The largest absolute Gasteiger partial charge is 0.398 e. The van der Waals surface area contributed by atoms with Crippen molar-refractivity contribution in [1.29, 1.82) is 0 Å². The number of rotatable bonds is 3. The smallest absolute Gasteiger partial charge is 0.260 e. The average molecular weight is 338 g/mol. The third kappa shape index (κ3) is 2.23. The number of halogens is 1. The molecule has 106 valence electrons. The molecule has 5 nitrogen and oxygen atoms in total. The summed E-state index contributed by atoms with van der Waals surface area (Å²) in [5.74, 6) is 1.05. The molecule has 0 spiro atoms. The molecule has 0 atom stereocenters. The third-order valence-electron chi connectivity index (χ3n) is 3.88. The maximum atomic E-state index is 5.97. The monoisotopic (exact) mass is 337 g/mol. The number of methoxy groups -OCH3 is 1. The molecule has 0 unspecified atom stereocenters. The highest BCUT2D eigenvalue weighted by molar-refractivity contribution is 9.10. The Morgan fingerprint density at radius 2 is 2.10 bits per heavy atom. The number of aromatic nitrogens is 2. The molecular weight excluding hydrogens is 322 g/mol. The van der Waals surface area contributed by atoms with Crippen LogP contribution in [0.4, 0.5) is 5.69 Å². The van der Waals surface area contributed by atoms with Gasteiger partial charge in [-0.2, -0.15) is 4.98 Å². The molecule has 0 aliphatic heterocycles. The Kier molecular flexibility index (Phi) is 3.52. The molecular formula is C14H16BrN3O2. The number of nitrogens with zero attached hydrogens (tertiary/aromatic N) is 2. The van der Waals surface area contributed by atoms with E-state index in [2.05, 4.69) is 26.1 Å². The summed E-state index contributed by atoms with van der Waals surface area (Å²) in [6, 6.07) is 5.56. The van der Waals surface area contributed by atoms with Gasteiger partial charge >= 0.3 is 0 Å². The first-order valence-corrected chi connectivity index (χ1v) is 7.39. The Bertz CT molecular complexity index is 621. The van der Waals surface area contributed by atoms with E-state index in [-0.39, 0.29) is 0 Å². The maximum Gasteiger partial charge on any atom is 0.260 e. The molecule has 3 rings (SSSR count). The van der Waals surface area contributed by atoms with Crippen LogP contribution in [0, 0.1) is 0 Å². The molecule has 0 bridgehead atoms. The van der Waals surface area contributed by atoms with E-state index in [1.165, 1.54) is 0 Å². The van der Waals surface area contributed by atoms with Crippen LogP contribution in [0.2, 0.25) is 0 Å². The molecule has 1 fully saturated rings. The summed E-state index contributed by atoms with van der Waals surface area (Å²) in [7, 11) is 1.70. The predicted molar refractivity (Wildman–Crippen MR) is 79.0 cm³/mol. The summed E-state index contributed by atoms with van der Waals surface area (Å²) >= 11 is 3.42. The molecule has 6 heteroatoms. The van der Waals surface area contributed by atoms with Gasteiger partial charge in [0.2, 0.25) is 5.82 Å². The SMILES string of the molecule is COC1(c2noc(-c3cc(Br)ccc3N)n2)CCCC1. The second-order valence-electron chi connectivity index (χ2n) is 5.06. The lowest BCUT2D eigenvalue weighted by atomic mass is 10.0. The van der Waals surface area contributed by atoms with Gasteiger partial charge in [-0.1, -0.05) is 21.1 Å². The van der Waals surface area contributed by atoms with Crippen LogP contribution in [0.5, 0.6) is 0 Å². The highest BCUT2D eigenvalue weighted by atomic mass is 79.9. The number of hydrogen-bond acceptors (Lipinski definition) is 5. The topological polar surface area (TPSA) is 74.2 Å². The molecule has 1 saturated carbocycles. The number of ether oxygens (including phenoxy) is 1. The zero-order chi connectivity index (χ0) is 14.2. The van der Waals surface area contributed by atoms with E-state index in [1.54, 1.807) is 7.11 Å². The lowest BCUT2D eigenvalue weighted by molar-refractivity contribution is -0.0178. The maximum absolute atomic E-state index is 5.97. The molecule has 1 heterocycles. The lowest BCUT2D eigenvalue weighted by Gasteiger charge is -2.22. The Morgan fingerprint density at radius 1 is 1.35 bits per heavy atom. The van der Waals surface area contributed by atoms with Crippen LogP contribution in [-0.4, -0.2) is 17.3 Å². The molecule has 1 aromatic heterocycles. The van der Waals surface area contributed by atoms with E-state index in [0.29, 0.717) is 17.4 Å². The number of benzene rings is 1. The minimum absolute atomic E-state index is 0.400. The Hall–Kier alpha value is -1.40. The van der Waals surface area contributed by atoms with Gasteiger partial charge in [0.05, 0.1) is 5.56 Å². The normalized spacial score (nSPS) is 17.5. The van der Waals surface area contributed by atoms with Gasteiger partial charge in [-0.15, -0.1) is 0 Å². The minimum Gasteiger partial charge on any atom is -0.398 e. The molecule has 0 radical (unpaired) electrons. The highest BCUT2D eigenvalue weighted by Gasteiger charge is 2.40. The quantitative estimate of drug-likeness (QED) is 0.867. The zero-order valence-corrected chi connectivity index (χ0v) is 12.8. The van der Waals surface area contributed by atoms with Crippen LogP contribution in [-0.2, 0) is 10.3 Å². The van der Waals surface area contributed by atoms with Gasteiger partial charge in [0.1, 0.15) is 5.60 Å². The van der Waals surface area contributed by atoms with Gasteiger partial charge < -0.3 is 15.0 Å². The van der Waals surface area contributed by atoms with Gasteiger partial charge in [0, 0.05) is 17.3 Å². The first-order chi connectivity index (χ1) is 9.64. The Morgan fingerprint density at radius 3 is 2.80 bits per heavy atom. The fourth-order valence-corrected chi connectivity index (χ4v) is 3.06. The van der Waals surface area contributed by atoms with Crippen LogP contribution in [0.25, 0.3) is 11.5 Å². The first kappa shape index (κ1) is 13.6. The Labute approximate surface area is 125 Å².